The normalized spacial score (nSPS) is 17.4. The van der Waals surface area contributed by atoms with Crippen molar-refractivity contribution in [3.8, 4) is 0 Å². The van der Waals surface area contributed by atoms with Gasteiger partial charge in [0.2, 0.25) is 5.91 Å². The Kier molecular flexibility index (Phi) is 6.11. The summed E-state index contributed by atoms with van der Waals surface area (Å²) in [4.78, 5) is 13.6. The monoisotopic (exact) mass is 226 g/mol. The summed E-state index contributed by atoms with van der Waals surface area (Å²) >= 11 is 0. The van der Waals surface area contributed by atoms with E-state index in [2.05, 4.69) is 11.9 Å². The molecule has 0 unspecified atom stereocenters. The van der Waals surface area contributed by atoms with Gasteiger partial charge in [0, 0.05) is 26.2 Å². The van der Waals surface area contributed by atoms with Crippen molar-refractivity contribution in [2.24, 2.45) is 0 Å². The fraction of sp³-hybridized carbons (Fsp3) is 0.750. The summed E-state index contributed by atoms with van der Waals surface area (Å²) < 4.78 is 5.54. The number of amides is 1. The lowest BCUT2D eigenvalue weighted by atomic mass is 10.1. The SMILES string of the molecule is C=CCNCC(=O)N1CCC(OCC)CC1. The van der Waals surface area contributed by atoms with Gasteiger partial charge in [-0.3, -0.25) is 4.79 Å². The van der Waals surface area contributed by atoms with E-state index in [9.17, 15) is 4.79 Å². The van der Waals surface area contributed by atoms with Crippen LogP contribution in [-0.2, 0) is 9.53 Å². The number of likely N-dealkylation sites (tertiary alicyclic amines) is 1. The first-order chi connectivity index (χ1) is 7.77. The molecule has 1 N–H and O–H groups in total. The van der Waals surface area contributed by atoms with Crippen LogP contribution in [0.25, 0.3) is 0 Å². The molecule has 1 aliphatic rings. The van der Waals surface area contributed by atoms with Gasteiger partial charge in [0.25, 0.3) is 0 Å². The van der Waals surface area contributed by atoms with Crippen LogP contribution in [0, 0.1) is 0 Å². The van der Waals surface area contributed by atoms with Crippen LogP contribution in [0.5, 0.6) is 0 Å². The molecule has 0 radical (unpaired) electrons. The van der Waals surface area contributed by atoms with Crippen LogP contribution in [0.4, 0.5) is 0 Å². The third-order valence-electron chi connectivity index (χ3n) is 2.76. The van der Waals surface area contributed by atoms with E-state index in [-0.39, 0.29) is 5.91 Å². The van der Waals surface area contributed by atoms with Gasteiger partial charge in [-0.2, -0.15) is 0 Å². The Morgan fingerprint density at radius 1 is 1.56 bits per heavy atom. The Balaban J connectivity index is 2.19. The summed E-state index contributed by atoms with van der Waals surface area (Å²) in [6, 6.07) is 0. The molecule has 4 nitrogen and oxygen atoms in total. The van der Waals surface area contributed by atoms with Gasteiger partial charge in [-0.1, -0.05) is 6.08 Å². The number of carbonyl (C=O) groups is 1. The predicted molar refractivity (Wildman–Crippen MR) is 64.3 cm³/mol. The number of ether oxygens (including phenoxy) is 1. The number of rotatable bonds is 6. The highest BCUT2D eigenvalue weighted by Gasteiger charge is 2.22. The number of hydrogen-bond donors (Lipinski definition) is 1. The molecule has 4 heteroatoms. The Labute approximate surface area is 97.6 Å². The molecule has 0 aromatic carbocycles. The minimum Gasteiger partial charge on any atom is -0.378 e. The molecular formula is C12H22N2O2. The van der Waals surface area contributed by atoms with E-state index >= 15 is 0 Å². The van der Waals surface area contributed by atoms with Gasteiger partial charge in [0.05, 0.1) is 12.6 Å². The van der Waals surface area contributed by atoms with E-state index < -0.39 is 0 Å². The van der Waals surface area contributed by atoms with Crippen molar-refractivity contribution in [1.82, 2.24) is 10.2 Å². The zero-order valence-corrected chi connectivity index (χ0v) is 10.1. The number of nitrogens with one attached hydrogen (secondary N) is 1. The first kappa shape index (κ1) is 13.2. The van der Waals surface area contributed by atoms with E-state index in [1.807, 2.05) is 11.8 Å². The molecule has 0 aromatic rings. The lowest BCUT2D eigenvalue weighted by Gasteiger charge is -2.31. The average Bonchev–Trinajstić information content (AvgIpc) is 2.30. The first-order valence-corrected chi connectivity index (χ1v) is 5.99. The van der Waals surface area contributed by atoms with Crippen LogP contribution in [0.2, 0.25) is 0 Å². The minimum absolute atomic E-state index is 0.178. The largest absolute Gasteiger partial charge is 0.378 e. The quantitative estimate of drug-likeness (QED) is 0.538. The molecule has 1 heterocycles. The van der Waals surface area contributed by atoms with Crippen molar-refractivity contribution >= 4 is 5.91 Å². The third-order valence-corrected chi connectivity index (χ3v) is 2.76. The van der Waals surface area contributed by atoms with Crippen LogP contribution in [0.15, 0.2) is 12.7 Å². The standard InChI is InChI=1S/C12H22N2O2/c1-3-7-13-10-12(15)14-8-5-11(6-9-14)16-4-2/h3,11,13H,1,4-10H2,2H3. The highest BCUT2D eigenvalue weighted by molar-refractivity contribution is 5.78. The van der Waals surface area contributed by atoms with Gasteiger partial charge >= 0.3 is 0 Å². The van der Waals surface area contributed by atoms with Crippen molar-refractivity contribution in [1.29, 1.82) is 0 Å². The average molecular weight is 226 g/mol. The van der Waals surface area contributed by atoms with Crippen molar-refractivity contribution in [3.05, 3.63) is 12.7 Å². The molecule has 1 aliphatic heterocycles. The smallest absolute Gasteiger partial charge is 0.236 e. The Bertz CT molecular complexity index is 223. The maximum absolute atomic E-state index is 11.7. The first-order valence-electron chi connectivity index (χ1n) is 5.99. The van der Waals surface area contributed by atoms with Crippen molar-refractivity contribution in [2.45, 2.75) is 25.9 Å². The van der Waals surface area contributed by atoms with Gasteiger partial charge < -0.3 is 15.0 Å². The molecule has 0 saturated carbocycles. The molecule has 1 rings (SSSR count). The van der Waals surface area contributed by atoms with Crippen LogP contribution < -0.4 is 5.32 Å². The zero-order chi connectivity index (χ0) is 11.8. The Hall–Kier alpha value is -0.870. The third kappa shape index (κ3) is 4.33. The predicted octanol–water partition coefficient (Wildman–Crippen LogP) is 0.789. The molecule has 1 fully saturated rings. The van der Waals surface area contributed by atoms with E-state index in [4.69, 9.17) is 4.74 Å². The molecule has 0 atom stereocenters. The topological polar surface area (TPSA) is 41.6 Å². The molecule has 0 spiro atoms. The Morgan fingerprint density at radius 2 is 2.25 bits per heavy atom. The molecule has 0 aromatic heterocycles. The number of carbonyl (C=O) groups excluding carboxylic acids is 1. The molecule has 0 aliphatic carbocycles. The van der Waals surface area contributed by atoms with Crippen molar-refractivity contribution < 1.29 is 9.53 Å². The van der Waals surface area contributed by atoms with Gasteiger partial charge in [0.15, 0.2) is 0 Å². The number of nitrogens with zero attached hydrogens (tertiary/aromatic N) is 1. The highest BCUT2D eigenvalue weighted by atomic mass is 16.5. The molecular weight excluding hydrogens is 204 g/mol. The second kappa shape index (κ2) is 7.41. The molecule has 0 bridgehead atoms. The van der Waals surface area contributed by atoms with Crippen LogP contribution in [-0.4, -0.2) is 49.7 Å². The van der Waals surface area contributed by atoms with E-state index in [0.29, 0.717) is 19.2 Å². The van der Waals surface area contributed by atoms with Gasteiger partial charge in [-0.05, 0) is 19.8 Å². The second-order valence-electron chi connectivity index (χ2n) is 3.96. The van der Waals surface area contributed by atoms with Crippen LogP contribution >= 0.6 is 0 Å². The van der Waals surface area contributed by atoms with Gasteiger partial charge in [-0.25, -0.2) is 0 Å². The zero-order valence-electron chi connectivity index (χ0n) is 10.1. The summed E-state index contributed by atoms with van der Waals surface area (Å²) in [6.45, 7) is 9.10. The summed E-state index contributed by atoms with van der Waals surface area (Å²) in [6.07, 6.45) is 4.02. The Morgan fingerprint density at radius 3 is 2.81 bits per heavy atom. The molecule has 92 valence electrons. The van der Waals surface area contributed by atoms with E-state index in [0.717, 1.165) is 32.5 Å². The van der Waals surface area contributed by atoms with Crippen LogP contribution in [0.1, 0.15) is 19.8 Å². The summed E-state index contributed by atoms with van der Waals surface area (Å²) in [5, 5.41) is 3.03. The molecule has 1 amide bonds. The fourth-order valence-corrected chi connectivity index (χ4v) is 1.90. The van der Waals surface area contributed by atoms with E-state index in [1.165, 1.54) is 0 Å². The number of piperidine rings is 1. The van der Waals surface area contributed by atoms with Crippen molar-refractivity contribution in [2.75, 3.05) is 32.8 Å². The lowest BCUT2D eigenvalue weighted by molar-refractivity contribution is -0.132. The molecule has 1 saturated heterocycles. The lowest BCUT2D eigenvalue weighted by Crippen LogP contribution is -2.44. The van der Waals surface area contributed by atoms with Gasteiger partial charge in [0.1, 0.15) is 0 Å². The van der Waals surface area contributed by atoms with Gasteiger partial charge in [-0.15, -0.1) is 6.58 Å². The second-order valence-corrected chi connectivity index (χ2v) is 3.96. The molecule has 16 heavy (non-hydrogen) atoms. The maximum Gasteiger partial charge on any atom is 0.236 e. The number of hydrogen-bond acceptors (Lipinski definition) is 3. The summed E-state index contributed by atoms with van der Waals surface area (Å²) in [5.74, 6) is 0.178. The minimum atomic E-state index is 0.178. The maximum atomic E-state index is 11.7. The van der Waals surface area contributed by atoms with E-state index in [1.54, 1.807) is 6.08 Å². The summed E-state index contributed by atoms with van der Waals surface area (Å²) in [7, 11) is 0. The fourth-order valence-electron chi connectivity index (χ4n) is 1.90. The van der Waals surface area contributed by atoms with Crippen LogP contribution in [0.3, 0.4) is 0 Å². The summed E-state index contributed by atoms with van der Waals surface area (Å²) in [5.41, 5.74) is 0. The highest BCUT2D eigenvalue weighted by Crippen LogP contribution is 2.13. The van der Waals surface area contributed by atoms with Crippen molar-refractivity contribution in [3.63, 3.8) is 0 Å².